The summed E-state index contributed by atoms with van der Waals surface area (Å²) in [6, 6.07) is 28.5. The van der Waals surface area contributed by atoms with E-state index in [-0.39, 0.29) is 34.2 Å². The van der Waals surface area contributed by atoms with E-state index in [2.05, 4.69) is 100 Å². The van der Waals surface area contributed by atoms with Gasteiger partial charge >= 0.3 is 0 Å². The van der Waals surface area contributed by atoms with Gasteiger partial charge in [-0.2, -0.15) is 0 Å². The minimum absolute atomic E-state index is 0.129. The van der Waals surface area contributed by atoms with Crippen molar-refractivity contribution in [3.05, 3.63) is 131 Å². The van der Waals surface area contributed by atoms with Gasteiger partial charge < -0.3 is 11.5 Å². The second-order valence-corrected chi connectivity index (χ2v) is 15.5. The van der Waals surface area contributed by atoms with Gasteiger partial charge in [-0.1, -0.05) is 116 Å². The van der Waals surface area contributed by atoms with Crippen LogP contribution < -0.4 is 11.5 Å². The third-order valence-electron chi connectivity index (χ3n) is 9.53. The number of halogens is 1. The van der Waals surface area contributed by atoms with Crippen molar-refractivity contribution in [3.63, 3.8) is 0 Å². The van der Waals surface area contributed by atoms with Crippen molar-refractivity contribution in [3.8, 4) is 0 Å². The highest BCUT2D eigenvalue weighted by atomic mass is 19.1. The molecule has 276 valence electrons. The van der Waals surface area contributed by atoms with Gasteiger partial charge in [0.25, 0.3) is 0 Å². The summed E-state index contributed by atoms with van der Waals surface area (Å²) in [5.41, 5.74) is 21.6. The number of rotatable bonds is 10. The van der Waals surface area contributed by atoms with Crippen molar-refractivity contribution >= 4 is 34.0 Å². The monoisotopic (exact) mass is 705 g/mol. The normalized spacial score (nSPS) is 12.8. The molecule has 4 aromatic carbocycles. The summed E-state index contributed by atoms with van der Waals surface area (Å²) in [6.45, 7) is 17.1. The van der Waals surface area contributed by atoms with Crippen LogP contribution in [0.4, 0.5) is 15.8 Å². The molecule has 6 nitrogen and oxygen atoms in total. The number of hydrogen-bond acceptors (Lipinski definition) is 6. The van der Waals surface area contributed by atoms with E-state index < -0.39 is 7.15 Å². The van der Waals surface area contributed by atoms with Crippen LogP contribution in [-0.2, 0) is 33.3 Å². The summed E-state index contributed by atoms with van der Waals surface area (Å²) >= 11 is 0. The van der Waals surface area contributed by atoms with Crippen molar-refractivity contribution < 1.29 is 15.4 Å². The Morgan fingerprint density at radius 2 is 1.04 bits per heavy atom. The lowest BCUT2D eigenvalue weighted by Crippen LogP contribution is -2.12. The van der Waals surface area contributed by atoms with Crippen LogP contribution in [-0.4, -0.2) is 28.7 Å². The van der Waals surface area contributed by atoms with E-state index in [9.17, 15) is 14.0 Å². The lowest BCUT2D eigenvalue weighted by molar-refractivity contribution is -0.120. The molecule has 0 radical (unpaired) electrons. The largest absolute Gasteiger partial charge is 0.397 e. The molecular formula is C45H57FN4O2. The number of anilines is 2. The maximum absolute atomic E-state index is 12.6. The Kier molecular flexibility index (Phi) is 14.2. The summed E-state index contributed by atoms with van der Waals surface area (Å²) in [4.78, 5) is 33.7. The summed E-state index contributed by atoms with van der Waals surface area (Å²) in [5.74, 6) is 0.184. The highest BCUT2D eigenvalue weighted by Gasteiger charge is 2.18. The molecule has 0 fully saturated rings. The van der Waals surface area contributed by atoms with Crippen LogP contribution in [0.25, 0.3) is 11.0 Å². The molecule has 0 spiro atoms. The van der Waals surface area contributed by atoms with E-state index in [0.717, 1.165) is 35.0 Å². The fraction of sp³-hybridized carbons (Fsp3) is 0.378. The minimum Gasteiger partial charge on any atom is -0.397 e. The molecule has 2 unspecified atom stereocenters. The maximum Gasteiger partial charge on any atom is 0.140 e. The molecule has 0 saturated heterocycles. The molecule has 0 amide bonds. The molecule has 0 aliphatic heterocycles. The van der Waals surface area contributed by atoms with Crippen molar-refractivity contribution in [2.75, 3.05) is 18.6 Å². The van der Waals surface area contributed by atoms with Gasteiger partial charge in [-0.25, -0.2) is 0 Å². The highest BCUT2D eigenvalue weighted by Crippen LogP contribution is 2.27. The number of benzene rings is 4. The molecule has 4 N–H and O–H groups in total. The first kappa shape index (κ1) is 39.9. The fourth-order valence-corrected chi connectivity index (χ4v) is 5.79. The maximum atomic E-state index is 12.6. The van der Waals surface area contributed by atoms with Gasteiger partial charge in [-0.05, 0) is 81.3 Å². The SMILES string of the molecule is CC(C(=O)CCc1ccc(C(C)(C)C)cc1)c1ccc(N)c(N)c1.CC(C(=O)CCc1ccc(C(C)(C)C)cc1)c1ccc2nccnc2c1.[2H]CF. The van der Waals surface area contributed by atoms with E-state index in [4.69, 9.17) is 12.8 Å². The van der Waals surface area contributed by atoms with E-state index in [1.807, 2.05) is 38.1 Å². The smallest absolute Gasteiger partial charge is 0.140 e. The highest BCUT2D eigenvalue weighted by molar-refractivity contribution is 5.87. The molecular weight excluding hydrogens is 648 g/mol. The number of nitrogen functional groups attached to an aromatic ring is 2. The summed E-state index contributed by atoms with van der Waals surface area (Å²) in [7, 11) is -1.00. The van der Waals surface area contributed by atoms with Crippen LogP contribution in [0.15, 0.2) is 97.3 Å². The van der Waals surface area contributed by atoms with Crippen LogP contribution in [0.3, 0.4) is 0 Å². The number of nitrogens with two attached hydrogens (primary N) is 2. The number of alkyl halides is 1. The van der Waals surface area contributed by atoms with Gasteiger partial charge in [0.05, 0.1) is 30.9 Å². The first-order valence-corrected chi connectivity index (χ1v) is 17.9. The Hall–Kier alpha value is -4.91. The van der Waals surface area contributed by atoms with Gasteiger partial charge in [0.15, 0.2) is 0 Å². The van der Waals surface area contributed by atoms with Crippen LogP contribution in [0.5, 0.6) is 0 Å². The molecule has 0 saturated carbocycles. The first-order chi connectivity index (χ1) is 24.9. The number of fused-ring (bicyclic) bond motifs is 1. The average molecular weight is 706 g/mol. The number of nitrogens with zero attached hydrogens (tertiary/aromatic N) is 2. The standard InChI is InChI=1S/C23H26N2O.C21H28N2O.CH3F/c1-16(18-8-11-20-21(15-18)25-14-13-24-20)22(26)12-7-17-5-9-19(10-6-17)23(2,3)4;1-14(16-8-11-18(22)19(23)13-16)20(24)12-7-15-5-9-17(10-6-15)21(2,3)4;1-2/h5-6,8-11,13-16H,7,12H2,1-4H3;5-6,8-11,13-14H,7,12,22-23H2,1-4H3;1H3/i;;1D. The van der Waals surface area contributed by atoms with E-state index in [1.165, 1.54) is 22.3 Å². The summed E-state index contributed by atoms with van der Waals surface area (Å²) < 4.78 is 15.5. The molecule has 5 rings (SSSR count). The Morgan fingerprint density at radius 3 is 1.46 bits per heavy atom. The number of aryl methyl sites for hydroxylation is 2. The van der Waals surface area contributed by atoms with Crippen molar-refractivity contribution in [1.82, 2.24) is 9.97 Å². The Morgan fingerprint density at radius 1 is 0.635 bits per heavy atom. The molecule has 5 aromatic rings. The topological polar surface area (TPSA) is 112 Å². The Bertz CT molecular complexity index is 1930. The third-order valence-corrected chi connectivity index (χ3v) is 9.53. The van der Waals surface area contributed by atoms with Crippen LogP contribution >= 0.6 is 0 Å². The van der Waals surface area contributed by atoms with Gasteiger partial charge in [0.1, 0.15) is 11.6 Å². The van der Waals surface area contributed by atoms with Crippen molar-refractivity contribution in [2.45, 2.75) is 104 Å². The van der Waals surface area contributed by atoms with E-state index in [0.29, 0.717) is 24.2 Å². The lowest BCUT2D eigenvalue weighted by Gasteiger charge is -2.19. The number of ketones is 2. The Labute approximate surface area is 311 Å². The average Bonchev–Trinajstić information content (AvgIpc) is 3.13. The zero-order valence-electron chi connectivity index (χ0n) is 33.2. The second-order valence-electron chi connectivity index (χ2n) is 15.5. The van der Waals surface area contributed by atoms with Crippen LogP contribution in [0.2, 0.25) is 0 Å². The first-order valence-electron chi connectivity index (χ1n) is 18.6. The lowest BCUT2D eigenvalue weighted by atomic mass is 9.86. The number of carbonyl (C=O) groups excluding carboxylic acids is 2. The quantitative estimate of drug-likeness (QED) is 0.140. The molecule has 0 aliphatic rings. The van der Waals surface area contributed by atoms with Gasteiger partial charge in [-0.3, -0.25) is 23.9 Å². The zero-order valence-corrected chi connectivity index (χ0v) is 32.2. The van der Waals surface area contributed by atoms with Crippen molar-refractivity contribution in [1.29, 1.82) is 0 Å². The van der Waals surface area contributed by atoms with Crippen LogP contribution in [0, 0.1) is 0 Å². The summed E-state index contributed by atoms with van der Waals surface area (Å²) in [6.07, 6.45) is 5.98. The molecule has 0 bridgehead atoms. The number of Topliss-reactive ketones (excluding diaryl/α,β-unsaturated/α-hetero) is 2. The number of carbonyl (C=O) groups is 2. The summed E-state index contributed by atoms with van der Waals surface area (Å²) in [5, 5.41) is 0. The predicted octanol–water partition coefficient (Wildman–Crippen LogP) is 10.3. The van der Waals surface area contributed by atoms with E-state index in [1.54, 1.807) is 24.5 Å². The third kappa shape index (κ3) is 11.8. The molecule has 1 heterocycles. The zero-order chi connectivity index (χ0) is 39.3. The number of aromatic nitrogens is 2. The molecule has 0 aliphatic carbocycles. The van der Waals surface area contributed by atoms with Gasteiger partial charge in [0, 0.05) is 37.1 Å². The molecule has 1 aromatic heterocycles. The second kappa shape index (κ2) is 18.5. The van der Waals surface area contributed by atoms with Gasteiger partial charge in [-0.15, -0.1) is 0 Å². The predicted molar refractivity (Wildman–Crippen MR) is 216 cm³/mol. The number of hydrogen-bond donors (Lipinski definition) is 2. The van der Waals surface area contributed by atoms with Gasteiger partial charge in [0.2, 0.25) is 0 Å². The minimum atomic E-state index is -1.00. The molecule has 2 atom stereocenters. The van der Waals surface area contributed by atoms with Crippen LogP contribution in [0.1, 0.15) is 115 Å². The fourth-order valence-electron chi connectivity index (χ4n) is 5.79. The van der Waals surface area contributed by atoms with Crippen molar-refractivity contribution in [2.24, 2.45) is 0 Å². The van der Waals surface area contributed by atoms with E-state index >= 15 is 0 Å². The molecule has 52 heavy (non-hydrogen) atoms. The Balaban J connectivity index is 0.000000267. The molecule has 7 heteroatoms.